The third kappa shape index (κ3) is 4.96. The number of aromatic nitrogens is 2. The molecule has 9 heteroatoms. The maximum absolute atomic E-state index is 12.9. The molecule has 0 aliphatic rings. The van der Waals surface area contributed by atoms with Crippen molar-refractivity contribution < 1.29 is 18.7 Å². The van der Waals surface area contributed by atoms with Gasteiger partial charge in [0.2, 0.25) is 0 Å². The monoisotopic (exact) mass is 430 g/mol. The molecule has 156 valence electrons. The standard InChI is InChI=1S/C21H20ClFN4O3/c1-3-19-18(12-24-27(19)16-6-4-5-14(22)11-16)21(29)26-25-20(28)13(2)30-17-9-7-15(23)8-10-17/h4-13H,3H2,1-2H3,(H,25,28)(H,26,29). The van der Waals surface area contributed by atoms with Gasteiger partial charge in [-0.1, -0.05) is 24.6 Å². The Morgan fingerprint density at radius 3 is 2.60 bits per heavy atom. The summed E-state index contributed by atoms with van der Waals surface area (Å²) < 4.78 is 20.0. The highest BCUT2D eigenvalue weighted by Gasteiger charge is 2.20. The van der Waals surface area contributed by atoms with Crippen LogP contribution in [0.3, 0.4) is 0 Å². The van der Waals surface area contributed by atoms with Gasteiger partial charge >= 0.3 is 0 Å². The highest BCUT2D eigenvalue weighted by Crippen LogP contribution is 2.19. The minimum Gasteiger partial charge on any atom is -0.481 e. The van der Waals surface area contributed by atoms with Crippen LogP contribution in [0.5, 0.6) is 5.75 Å². The largest absolute Gasteiger partial charge is 0.481 e. The van der Waals surface area contributed by atoms with Crippen LogP contribution in [0.4, 0.5) is 4.39 Å². The molecule has 0 fully saturated rings. The van der Waals surface area contributed by atoms with Crippen molar-refractivity contribution in [1.82, 2.24) is 20.6 Å². The first kappa shape index (κ1) is 21.3. The summed E-state index contributed by atoms with van der Waals surface area (Å²) in [4.78, 5) is 24.8. The van der Waals surface area contributed by atoms with Crippen molar-refractivity contribution in [1.29, 1.82) is 0 Å². The Labute approximate surface area is 177 Å². The molecule has 30 heavy (non-hydrogen) atoms. The minimum atomic E-state index is -0.907. The van der Waals surface area contributed by atoms with Crippen molar-refractivity contribution in [2.24, 2.45) is 0 Å². The van der Waals surface area contributed by atoms with Gasteiger partial charge in [-0.25, -0.2) is 9.07 Å². The lowest BCUT2D eigenvalue weighted by molar-refractivity contribution is -0.128. The van der Waals surface area contributed by atoms with E-state index in [9.17, 15) is 14.0 Å². The molecule has 0 saturated heterocycles. The van der Waals surface area contributed by atoms with E-state index in [0.29, 0.717) is 28.5 Å². The van der Waals surface area contributed by atoms with Gasteiger partial charge in [0, 0.05) is 5.02 Å². The first-order chi connectivity index (χ1) is 14.4. The van der Waals surface area contributed by atoms with Crippen LogP contribution < -0.4 is 15.6 Å². The van der Waals surface area contributed by atoms with E-state index in [1.807, 2.05) is 13.0 Å². The molecule has 1 aromatic heterocycles. The Morgan fingerprint density at radius 2 is 1.93 bits per heavy atom. The summed E-state index contributed by atoms with van der Waals surface area (Å²) in [5, 5.41) is 4.83. The molecule has 1 heterocycles. The number of carbonyl (C=O) groups excluding carboxylic acids is 2. The van der Waals surface area contributed by atoms with E-state index >= 15 is 0 Å². The van der Waals surface area contributed by atoms with Crippen molar-refractivity contribution in [3.05, 3.63) is 76.8 Å². The highest BCUT2D eigenvalue weighted by molar-refractivity contribution is 6.30. The number of hydrogen-bond acceptors (Lipinski definition) is 4. The predicted octanol–water partition coefficient (Wildman–Crippen LogP) is 3.46. The Bertz CT molecular complexity index is 1050. The van der Waals surface area contributed by atoms with E-state index in [2.05, 4.69) is 16.0 Å². The summed E-state index contributed by atoms with van der Waals surface area (Å²) in [6, 6.07) is 12.4. The number of nitrogens with one attached hydrogen (secondary N) is 2. The minimum absolute atomic E-state index is 0.324. The lowest BCUT2D eigenvalue weighted by atomic mass is 10.2. The summed E-state index contributed by atoms with van der Waals surface area (Å²) >= 11 is 6.04. The fraction of sp³-hybridized carbons (Fsp3) is 0.190. The number of nitrogens with zero attached hydrogens (tertiary/aromatic N) is 2. The Morgan fingerprint density at radius 1 is 1.20 bits per heavy atom. The number of amides is 2. The SMILES string of the molecule is CCc1c(C(=O)NNC(=O)C(C)Oc2ccc(F)cc2)cnn1-c1cccc(Cl)c1. The van der Waals surface area contributed by atoms with E-state index < -0.39 is 23.7 Å². The molecule has 2 amide bonds. The Hall–Kier alpha value is -3.39. The zero-order chi connectivity index (χ0) is 21.7. The number of ether oxygens (including phenoxy) is 1. The summed E-state index contributed by atoms with van der Waals surface area (Å²) in [5.41, 5.74) is 6.41. The molecule has 7 nitrogen and oxygen atoms in total. The van der Waals surface area contributed by atoms with Crippen molar-refractivity contribution >= 4 is 23.4 Å². The van der Waals surface area contributed by atoms with Crippen LogP contribution in [-0.2, 0) is 11.2 Å². The molecule has 0 spiro atoms. The predicted molar refractivity (Wildman–Crippen MR) is 110 cm³/mol. The third-order valence-corrected chi connectivity index (χ3v) is 4.53. The summed E-state index contributed by atoms with van der Waals surface area (Å²) in [6.45, 7) is 3.41. The van der Waals surface area contributed by atoms with Crippen LogP contribution in [0.2, 0.25) is 5.02 Å². The van der Waals surface area contributed by atoms with Crippen LogP contribution in [0.15, 0.2) is 54.7 Å². The van der Waals surface area contributed by atoms with Gasteiger partial charge in [0.05, 0.1) is 23.1 Å². The van der Waals surface area contributed by atoms with Crippen LogP contribution in [-0.4, -0.2) is 27.7 Å². The molecule has 1 atom stereocenters. The van der Waals surface area contributed by atoms with Gasteiger partial charge in [-0.15, -0.1) is 0 Å². The van der Waals surface area contributed by atoms with Gasteiger partial charge in [-0.3, -0.25) is 20.4 Å². The van der Waals surface area contributed by atoms with Gasteiger partial charge in [0.15, 0.2) is 6.10 Å². The first-order valence-corrected chi connectivity index (χ1v) is 9.62. The Kier molecular flexibility index (Phi) is 6.68. The van der Waals surface area contributed by atoms with Crippen molar-refractivity contribution in [3.63, 3.8) is 0 Å². The molecule has 2 aromatic carbocycles. The Balaban J connectivity index is 1.64. The molecule has 3 rings (SSSR count). The summed E-state index contributed by atoms with van der Waals surface area (Å²) in [6.07, 6.45) is 1.06. The van der Waals surface area contributed by atoms with E-state index in [0.717, 1.165) is 5.69 Å². The topological polar surface area (TPSA) is 85.2 Å². The normalized spacial score (nSPS) is 11.6. The van der Waals surface area contributed by atoms with E-state index in [4.69, 9.17) is 16.3 Å². The number of halogens is 2. The number of carbonyl (C=O) groups is 2. The maximum Gasteiger partial charge on any atom is 0.279 e. The van der Waals surface area contributed by atoms with Gasteiger partial charge in [0.25, 0.3) is 11.8 Å². The number of hydrogen-bond donors (Lipinski definition) is 2. The van der Waals surface area contributed by atoms with Crippen molar-refractivity contribution in [3.8, 4) is 11.4 Å². The number of benzene rings is 2. The summed E-state index contributed by atoms with van der Waals surface area (Å²) in [5.74, 6) is -1.14. The van der Waals surface area contributed by atoms with Gasteiger partial charge in [-0.2, -0.15) is 5.10 Å². The third-order valence-electron chi connectivity index (χ3n) is 4.30. The second-order valence-electron chi connectivity index (χ2n) is 6.41. The van der Waals surface area contributed by atoms with Crippen LogP contribution >= 0.6 is 11.6 Å². The average Bonchev–Trinajstić information content (AvgIpc) is 3.17. The molecule has 1 unspecified atom stereocenters. The van der Waals surface area contributed by atoms with Crippen LogP contribution in [0, 0.1) is 5.82 Å². The fourth-order valence-electron chi connectivity index (χ4n) is 2.79. The molecule has 0 saturated carbocycles. The maximum atomic E-state index is 12.9. The molecular weight excluding hydrogens is 411 g/mol. The number of hydrazine groups is 1. The molecule has 0 radical (unpaired) electrons. The molecule has 0 aliphatic carbocycles. The summed E-state index contributed by atoms with van der Waals surface area (Å²) in [7, 11) is 0. The van der Waals surface area contributed by atoms with Gasteiger partial charge in [0.1, 0.15) is 11.6 Å². The second kappa shape index (κ2) is 9.41. The van der Waals surface area contributed by atoms with Gasteiger partial charge in [-0.05, 0) is 55.8 Å². The molecule has 0 bridgehead atoms. The quantitative estimate of drug-likeness (QED) is 0.586. The zero-order valence-electron chi connectivity index (χ0n) is 16.4. The van der Waals surface area contributed by atoms with Gasteiger partial charge < -0.3 is 4.74 Å². The highest BCUT2D eigenvalue weighted by atomic mass is 35.5. The molecular formula is C21H20ClFN4O3. The fourth-order valence-corrected chi connectivity index (χ4v) is 2.98. The average molecular weight is 431 g/mol. The zero-order valence-corrected chi connectivity index (χ0v) is 17.1. The molecule has 2 N–H and O–H groups in total. The van der Waals surface area contributed by atoms with E-state index in [1.54, 1.807) is 22.9 Å². The van der Waals surface area contributed by atoms with Crippen LogP contribution in [0.25, 0.3) is 5.69 Å². The number of rotatable bonds is 6. The van der Waals surface area contributed by atoms with Crippen LogP contribution in [0.1, 0.15) is 29.9 Å². The lowest BCUT2D eigenvalue weighted by Gasteiger charge is -2.15. The lowest BCUT2D eigenvalue weighted by Crippen LogP contribution is -2.47. The van der Waals surface area contributed by atoms with E-state index in [1.165, 1.54) is 37.4 Å². The van der Waals surface area contributed by atoms with E-state index in [-0.39, 0.29) is 0 Å². The van der Waals surface area contributed by atoms with Crippen molar-refractivity contribution in [2.75, 3.05) is 0 Å². The van der Waals surface area contributed by atoms with Crippen molar-refractivity contribution in [2.45, 2.75) is 26.4 Å². The first-order valence-electron chi connectivity index (χ1n) is 9.24. The second-order valence-corrected chi connectivity index (χ2v) is 6.84. The molecule has 3 aromatic rings. The molecule has 0 aliphatic heterocycles. The smallest absolute Gasteiger partial charge is 0.279 e.